The Morgan fingerprint density at radius 1 is 1.08 bits per heavy atom. The van der Waals surface area contributed by atoms with Crippen LogP contribution in [0, 0.1) is 10.6 Å². The molecule has 0 atom stereocenters. The molecule has 0 fully saturated rings. The van der Waals surface area contributed by atoms with Crippen LogP contribution in [-0.2, 0) is 20.3 Å². The van der Waals surface area contributed by atoms with Gasteiger partial charge in [0.15, 0.2) is 10.6 Å². The summed E-state index contributed by atoms with van der Waals surface area (Å²) in [4.78, 5) is 2.15. The molecule has 0 aliphatic heterocycles. The summed E-state index contributed by atoms with van der Waals surface area (Å²) >= 11 is 5.49. The summed E-state index contributed by atoms with van der Waals surface area (Å²) in [6.45, 7) is 1.40. The molecule has 0 bridgehead atoms. The quantitative estimate of drug-likeness (QED) is 0.659. The van der Waals surface area contributed by atoms with Gasteiger partial charge in [-0.1, -0.05) is 30.3 Å². The zero-order valence-electron chi connectivity index (χ0n) is 13.7. The van der Waals surface area contributed by atoms with Crippen LogP contribution in [0.15, 0.2) is 54.6 Å². The number of halogens is 1. The van der Waals surface area contributed by atoms with E-state index in [9.17, 15) is 4.39 Å². The van der Waals surface area contributed by atoms with Crippen LogP contribution >= 0.6 is 12.2 Å². The average Bonchev–Trinajstić information content (AvgIpc) is 2.85. The molecule has 0 unspecified atom stereocenters. The molecule has 0 spiro atoms. The molecule has 3 rings (SSSR count). The van der Waals surface area contributed by atoms with Gasteiger partial charge in [0, 0.05) is 19.2 Å². The number of aromatic nitrogens is 3. The first-order valence-electron chi connectivity index (χ1n) is 7.67. The standard InChI is InChI=1S/C18H19FN4S/c1-21(12-14-6-4-3-5-7-14)13-23-18(24)22(2)17(20-23)15-8-10-16(19)11-9-15/h3-11H,12-13H2,1-2H3. The fourth-order valence-corrected chi connectivity index (χ4v) is 2.79. The Morgan fingerprint density at radius 3 is 2.42 bits per heavy atom. The van der Waals surface area contributed by atoms with Crippen molar-refractivity contribution in [3.63, 3.8) is 0 Å². The van der Waals surface area contributed by atoms with Crippen molar-refractivity contribution < 1.29 is 4.39 Å². The van der Waals surface area contributed by atoms with E-state index in [-0.39, 0.29) is 5.82 Å². The zero-order valence-corrected chi connectivity index (χ0v) is 14.5. The first-order valence-corrected chi connectivity index (χ1v) is 8.07. The van der Waals surface area contributed by atoms with Crippen LogP contribution in [0.4, 0.5) is 4.39 Å². The summed E-state index contributed by atoms with van der Waals surface area (Å²) in [5.41, 5.74) is 2.08. The lowest BCUT2D eigenvalue weighted by Gasteiger charge is -2.16. The Labute approximate surface area is 145 Å². The van der Waals surface area contributed by atoms with Gasteiger partial charge in [0.1, 0.15) is 5.82 Å². The monoisotopic (exact) mass is 342 g/mol. The van der Waals surface area contributed by atoms with Crippen molar-refractivity contribution >= 4 is 12.2 Å². The number of hydrogen-bond acceptors (Lipinski definition) is 3. The highest BCUT2D eigenvalue weighted by Gasteiger charge is 2.11. The second kappa shape index (κ2) is 7.07. The van der Waals surface area contributed by atoms with Gasteiger partial charge in [-0.15, -0.1) is 0 Å². The lowest BCUT2D eigenvalue weighted by atomic mass is 10.2. The van der Waals surface area contributed by atoms with Crippen LogP contribution in [0.25, 0.3) is 11.4 Å². The number of nitrogens with zero attached hydrogens (tertiary/aromatic N) is 4. The summed E-state index contributed by atoms with van der Waals surface area (Å²) < 4.78 is 17.4. The average molecular weight is 342 g/mol. The molecule has 0 aliphatic carbocycles. The molecule has 1 heterocycles. The summed E-state index contributed by atoms with van der Waals surface area (Å²) in [6, 6.07) is 16.5. The van der Waals surface area contributed by atoms with Crippen molar-refractivity contribution in [2.24, 2.45) is 7.05 Å². The van der Waals surface area contributed by atoms with Gasteiger partial charge in [0.05, 0.1) is 6.67 Å². The van der Waals surface area contributed by atoms with Gasteiger partial charge < -0.3 is 4.57 Å². The molecule has 2 aromatic carbocycles. The van der Waals surface area contributed by atoms with Gasteiger partial charge in [-0.05, 0) is 49.1 Å². The van der Waals surface area contributed by atoms with E-state index in [0.29, 0.717) is 11.4 Å². The largest absolute Gasteiger partial charge is 0.303 e. The van der Waals surface area contributed by atoms with Crippen LogP contribution in [0.5, 0.6) is 0 Å². The normalized spacial score (nSPS) is 11.2. The minimum absolute atomic E-state index is 0.262. The molecular weight excluding hydrogens is 323 g/mol. The first-order chi connectivity index (χ1) is 11.5. The van der Waals surface area contributed by atoms with Crippen LogP contribution in [0.3, 0.4) is 0 Å². The van der Waals surface area contributed by atoms with Gasteiger partial charge >= 0.3 is 0 Å². The van der Waals surface area contributed by atoms with Crippen LogP contribution < -0.4 is 0 Å². The number of benzene rings is 2. The summed E-state index contributed by atoms with van der Waals surface area (Å²) in [7, 11) is 3.91. The summed E-state index contributed by atoms with van der Waals surface area (Å²) in [5.74, 6) is 0.468. The summed E-state index contributed by atoms with van der Waals surface area (Å²) in [5, 5.41) is 4.60. The SMILES string of the molecule is CN(Cc1ccccc1)Cn1nc(-c2ccc(F)cc2)n(C)c1=S. The van der Waals surface area contributed by atoms with Crippen LogP contribution in [-0.4, -0.2) is 26.3 Å². The van der Waals surface area contributed by atoms with Gasteiger partial charge in [-0.25, -0.2) is 9.07 Å². The topological polar surface area (TPSA) is 26.0 Å². The Hall–Kier alpha value is -2.31. The fourth-order valence-electron chi connectivity index (χ4n) is 2.60. The van der Waals surface area contributed by atoms with E-state index in [2.05, 4.69) is 22.1 Å². The van der Waals surface area contributed by atoms with E-state index < -0.39 is 0 Å². The zero-order chi connectivity index (χ0) is 17.1. The lowest BCUT2D eigenvalue weighted by Crippen LogP contribution is -2.22. The third-order valence-electron chi connectivity index (χ3n) is 3.81. The maximum atomic E-state index is 13.1. The second-order valence-corrected chi connectivity index (χ2v) is 6.18. The lowest BCUT2D eigenvalue weighted by molar-refractivity contribution is 0.244. The van der Waals surface area contributed by atoms with E-state index in [1.54, 1.807) is 16.8 Å². The van der Waals surface area contributed by atoms with Crippen molar-refractivity contribution in [2.45, 2.75) is 13.2 Å². The van der Waals surface area contributed by atoms with Crippen molar-refractivity contribution in [1.82, 2.24) is 19.2 Å². The molecule has 3 aromatic rings. The number of hydrogen-bond donors (Lipinski definition) is 0. The van der Waals surface area contributed by atoms with Crippen LogP contribution in [0.1, 0.15) is 5.56 Å². The Balaban J connectivity index is 1.80. The summed E-state index contributed by atoms with van der Waals surface area (Å²) in [6.07, 6.45) is 0. The van der Waals surface area contributed by atoms with E-state index in [0.717, 1.165) is 17.9 Å². The molecule has 124 valence electrons. The highest BCUT2D eigenvalue weighted by Crippen LogP contribution is 2.18. The Morgan fingerprint density at radius 2 is 1.75 bits per heavy atom. The van der Waals surface area contributed by atoms with Crippen LogP contribution in [0.2, 0.25) is 0 Å². The van der Waals surface area contributed by atoms with E-state index in [1.807, 2.05) is 36.9 Å². The molecule has 4 nitrogen and oxygen atoms in total. The molecule has 0 aliphatic rings. The molecule has 0 amide bonds. The number of rotatable bonds is 5. The molecule has 24 heavy (non-hydrogen) atoms. The van der Waals surface area contributed by atoms with Gasteiger partial charge in [0.25, 0.3) is 0 Å². The first kappa shape index (κ1) is 16.5. The predicted molar refractivity (Wildman–Crippen MR) is 95.3 cm³/mol. The smallest absolute Gasteiger partial charge is 0.199 e. The van der Waals surface area contributed by atoms with Crippen molar-refractivity contribution in [3.8, 4) is 11.4 Å². The fraction of sp³-hybridized carbons (Fsp3) is 0.222. The van der Waals surface area contributed by atoms with Gasteiger partial charge in [-0.2, -0.15) is 5.10 Å². The maximum Gasteiger partial charge on any atom is 0.199 e. The van der Waals surface area contributed by atoms with Crippen molar-refractivity contribution in [3.05, 3.63) is 70.7 Å². The van der Waals surface area contributed by atoms with E-state index in [4.69, 9.17) is 12.2 Å². The minimum atomic E-state index is -0.262. The highest BCUT2D eigenvalue weighted by atomic mass is 32.1. The molecule has 6 heteroatoms. The van der Waals surface area contributed by atoms with Crippen molar-refractivity contribution in [2.75, 3.05) is 7.05 Å². The van der Waals surface area contributed by atoms with E-state index >= 15 is 0 Å². The molecule has 0 saturated carbocycles. The predicted octanol–water partition coefficient (Wildman–Crippen LogP) is 3.85. The highest BCUT2D eigenvalue weighted by molar-refractivity contribution is 7.71. The molecule has 0 saturated heterocycles. The van der Waals surface area contributed by atoms with Gasteiger partial charge in [0.2, 0.25) is 0 Å². The molecule has 1 aromatic heterocycles. The molecule has 0 radical (unpaired) electrons. The molecular formula is C18H19FN4S. The maximum absolute atomic E-state index is 13.1. The Bertz CT molecular complexity index is 868. The van der Waals surface area contributed by atoms with E-state index in [1.165, 1.54) is 17.7 Å². The second-order valence-electron chi connectivity index (χ2n) is 5.81. The third kappa shape index (κ3) is 3.60. The minimum Gasteiger partial charge on any atom is -0.303 e. The third-order valence-corrected chi connectivity index (χ3v) is 4.30. The van der Waals surface area contributed by atoms with Crippen molar-refractivity contribution in [1.29, 1.82) is 0 Å². The molecule has 0 N–H and O–H groups in total. The van der Waals surface area contributed by atoms with Gasteiger partial charge in [-0.3, -0.25) is 4.90 Å². The Kier molecular flexibility index (Phi) is 4.87.